The van der Waals surface area contributed by atoms with E-state index in [9.17, 15) is 14.7 Å². The Balaban J connectivity index is 2.43. The maximum Gasteiger partial charge on any atom is 0.303 e. The Labute approximate surface area is 118 Å². The summed E-state index contributed by atoms with van der Waals surface area (Å²) in [5.41, 5.74) is 1.03. The van der Waals surface area contributed by atoms with Gasteiger partial charge in [-0.05, 0) is 17.9 Å². The number of carbonyl (C=O) groups excluding carboxylic acids is 1. The first kappa shape index (κ1) is 16.2. The third-order valence-electron chi connectivity index (χ3n) is 2.97. The maximum absolute atomic E-state index is 11.8. The van der Waals surface area contributed by atoms with Crippen LogP contribution in [0.3, 0.4) is 0 Å². The van der Waals surface area contributed by atoms with E-state index in [-0.39, 0.29) is 37.3 Å². The molecular weight excluding hydrogens is 258 g/mol. The lowest BCUT2D eigenvalue weighted by molar-refractivity contribution is -0.138. The molecule has 0 aliphatic rings. The zero-order chi connectivity index (χ0) is 15.0. The minimum absolute atomic E-state index is 0.0318. The number of carboxylic acid groups (broad SMARTS) is 1. The molecule has 20 heavy (non-hydrogen) atoms. The Hall–Kier alpha value is -1.88. The average molecular weight is 279 g/mol. The summed E-state index contributed by atoms with van der Waals surface area (Å²) in [5.74, 6) is -1.36. The molecule has 0 spiro atoms. The molecule has 5 nitrogen and oxygen atoms in total. The van der Waals surface area contributed by atoms with Gasteiger partial charge in [0, 0.05) is 12.8 Å². The fraction of sp³-hybridized carbons (Fsp3) is 0.467. The van der Waals surface area contributed by atoms with Crippen LogP contribution in [0.4, 0.5) is 0 Å². The smallest absolute Gasteiger partial charge is 0.303 e. The fourth-order valence-electron chi connectivity index (χ4n) is 2.03. The maximum atomic E-state index is 11.8. The van der Waals surface area contributed by atoms with Gasteiger partial charge in [0.1, 0.15) is 0 Å². The molecule has 1 aromatic rings. The lowest BCUT2D eigenvalue weighted by atomic mass is 10.0. The molecule has 2 atom stereocenters. The summed E-state index contributed by atoms with van der Waals surface area (Å²) < 4.78 is 0. The molecular formula is C15H21NO4. The van der Waals surface area contributed by atoms with E-state index in [0.717, 1.165) is 5.56 Å². The van der Waals surface area contributed by atoms with Crippen molar-refractivity contribution in [2.45, 2.75) is 32.2 Å². The molecule has 1 aromatic carbocycles. The number of hydrogen-bond acceptors (Lipinski definition) is 3. The van der Waals surface area contributed by atoms with Gasteiger partial charge in [0.15, 0.2) is 0 Å². The van der Waals surface area contributed by atoms with Gasteiger partial charge in [-0.15, -0.1) is 0 Å². The zero-order valence-corrected chi connectivity index (χ0v) is 11.6. The van der Waals surface area contributed by atoms with Crippen molar-refractivity contribution in [1.82, 2.24) is 5.32 Å². The van der Waals surface area contributed by atoms with Crippen LogP contribution in [0.1, 0.15) is 25.3 Å². The van der Waals surface area contributed by atoms with Crippen LogP contribution in [0.25, 0.3) is 0 Å². The monoisotopic (exact) mass is 279 g/mol. The second kappa shape index (κ2) is 8.32. The zero-order valence-electron chi connectivity index (χ0n) is 11.6. The van der Waals surface area contributed by atoms with Crippen LogP contribution in [0.15, 0.2) is 30.3 Å². The van der Waals surface area contributed by atoms with Crippen molar-refractivity contribution in [3.63, 3.8) is 0 Å². The summed E-state index contributed by atoms with van der Waals surface area (Å²) >= 11 is 0. The topological polar surface area (TPSA) is 86.6 Å². The molecule has 5 heteroatoms. The number of carbonyl (C=O) groups is 2. The number of aliphatic hydroxyl groups is 1. The second-order valence-corrected chi connectivity index (χ2v) is 5.04. The predicted molar refractivity (Wildman–Crippen MR) is 75.2 cm³/mol. The van der Waals surface area contributed by atoms with E-state index in [0.29, 0.717) is 6.42 Å². The van der Waals surface area contributed by atoms with Crippen LogP contribution in [-0.2, 0) is 16.0 Å². The van der Waals surface area contributed by atoms with E-state index in [1.165, 1.54) is 0 Å². The number of aliphatic hydroxyl groups excluding tert-OH is 1. The van der Waals surface area contributed by atoms with E-state index >= 15 is 0 Å². The van der Waals surface area contributed by atoms with Gasteiger partial charge in [0.05, 0.1) is 12.6 Å². The Bertz CT molecular complexity index is 433. The molecule has 3 N–H and O–H groups in total. The molecule has 0 saturated carbocycles. The fourth-order valence-corrected chi connectivity index (χ4v) is 2.03. The van der Waals surface area contributed by atoms with E-state index in [1.54, 1.807) is 6.92 Å². The van der Waals surface area contributed by atoms with Crippen LogP contribution in [-0.4, -0.2) is 34.7 Å². The number of carboxylic acids is 1. The standard InChI is InChI=1S/C15H21NO4/c1-11(8-15(19)20)7-14(18)16-13(10-17)9-12-5-3-2-4-6-12/h2-6,11,13,17H,7-10H2,1H3,(H,16,18)(H,19,20)/t11?,13-/m0/s1. The normalized spacial score (nSPS) is 13.5. The first-order valence-corrected chi connectivity index (χ1v) is 6.67. The Morgan fingerprint density at radius 2 is 1.85 bits per heavy atom. The van der Waals surface area contributed by atoms with Crippen molar-refractivity contribution in [3.05, 3.63) is 35.9 Å². The minimum atomic E-state index is -0.909. The molecule has 0 heterocycles. The van der Waals surface area contributed by atoms with E-state index in [4.69, 9.17) is 5.11 Å². The van der Waals surface area contributed by atoms with Crippen LogP contribution in [0, 0.1) is 5.92 Å². The molecule has 0 bridgehead atoms. The number of aliphatic carboxylic acids is 1. The first-order valence-electron chi connectivity index (χ1n) is 6.67. The highest BCUT2D eigenvalue weighted by Gasteiger charge is 2.16. The highest BCUT2D eigenvalue weighted by atomic mass is 16.4. The second-order valence-electron chi connectivity index (χ2n) is 5.04. The molecule has 0 radical (unpaired) electrons. The molecule has 1 rings (SSSR count). The summed E-state index contributed by atoms with van der Waals surface area (Å²) in [4.78, 5) is 22.3. The Morgan fingerprint density at radius 1 is 1.20 bits per heavy atom. The van der Waals surface area contributed by atoms with Crippen molar-refractivity contribution in [1.29, 1.82) is 0 Å². The molecule has 1 unspecified atom stereocenters. The first-order chi connectivity index (χ1) is 9.51. The average Bonchev–Trinajstić information content (AvgIpc) is 2.37. The molecule has 1 amide bonds. The summed E-state index contributed by atoms with van der Waals surface area (Å²) in [6.45, 7) is 1.58. The quantitative estimate of drug-likeness (QED) is 0.667. The third kappa shape index (κ3) is 6.33. The van der Waals surface area contributed by atoms with Crippen LogP contribution < -0.4 is 5.32 Å². The van der Waals surface area contributed by atoms with E-state index in [1.807, 2.05) is 30.3 Å². The lowest BCUT2D eigenvalue weighted by Gasteiger charge is -2.17. The number of rotatable bonds is 8. The third-order valence-corrected chi connectivity index (χ3v) is 2.97. The SMILES string of the molecule is CC(CC(=O)O)CC(=O)N[C@H](CO)Cc1ccccc1. The Kier molecular flexibility index (Phi) is 6.73. The molecule has 0 aliphatic carbocycles. The van der Waals surface area contributed by atoms with Gasteiger partial charge in [-0.25, -0.2) is 0 Å². The van der Waals surface area contributed by atoms with Crippen LogP contribution >= 0.6 is 0 Å². The highest BCUT2D eigenvalue weighted by Crippen LogP contribution is 2.08. The van der Waals surface area contributed by atoms with Crippen LogP contribution in [0.2, 0.25) is 0 Å². The molecule has 0 fully saturated rings. The van der Waals surface area contributed by atoms with Crippen molar-refractivity contribution in [2.75, 3.05) is 6.61 Å². The highest BCUT2D eigenvalue weighted by molar-refractivity contribution is 5.77. The van der Waals surface area contributed by atoms with E-state index < -0.39 is 5.97 Å². The van der Waals surface area contributed by atoms with Gasteiger partial charge in [0.2, 0.25) is 5.91 Å². The van der Waals surface area contributed by atoms with Crippen molar-refractivity contribution < 1.29 is 19.8 Å². The van der Waals surface area contributed by atoms with E-state index in [2.05, 4.69) is 5.32 Å². The molecule has 0 aliphatic heterocycles. The summed E-state index contributed by atoms with van der Waals surface area (Å²) in [5, 5.41) is 20.7. The van der Waals surface area contributed by atoms with Gasteiger partial charge in [-0.3, -0.25) is 9.59 Å². The Morgan fingerprint density at radius 3 is 2.40 bits per heavy atom. The van der Waals surface area contributed by atoms with Crippen molar-refractivity contribution >= 4 is 11.9 Å². The number of nitrogens with one attached hydrogen (secondary N) is 1. The van der Waals surface area contributed by atoms with Gasteiger partial charge < -0.3 is 15.5 Å². The number of amides is 1. The van der Waals surface area contributed by atoms with Gasteiger partial charge >= 0.3 is 5.97 Å². The van der Waals surface area contributed by atoms with Crippen molar-refractivity contribution in [2.24, 2.45) is 5.92 Å². The molecule has 110 valence electrons. The lowest BCUT2D eigenvalue weighted by Crippen LogP contribution is -2.39. The van der Waals surface area contributed by atoms with Gasteiger partial charge in [-0.1, -0.05) is 37.3 Å². The van der Waals surface area contributed by atoms with Gasteiger partial charge in [-0.2, -0.15) is 0 Å². The molecule has 0 saturated heterocycles. The minimum Gasteiger partial charge on any atom is -0.481 e. The number of benzene rings is 1. The number of hydrogen-bond donors (Lipinski definition) is 3. The van der Waals surface area contributed by atoms with Crippen LogP contribution in [0.5, 0.6) is 0 Å². The summed E-state index contributed by atoms with van der Waals surface area (Å²) in [6, 6.07) is 9.23. The summed E-state index contributed by atoms with van der Waals surface area (Å²) in [6.07, 6.45) is 0.671. The van der Waals surface area contributed by atoms with Gasteiger partial charge in [0.25, 0.3) is 0 Å². The molecule has 0 aromatic heterocycles. The predicted octanol–water partition coefficient (Wildman–Crippen LogP) is 1.21. The van der Waals surface area contributed by atoms with Crippen molar-refractivity contribution in [3.8, 4) is 0 Å². The summed E-state index contributed by atoms with van der Waals surface area (Å²) in [7, 11) is 0. The largest absolute Gasteiger partial charge is 0.481 e.